The van der Waals surface area contributed by atoms with E-state index in [0.717, 1.165) is 10.7 Å². The van der Waals surface area contributed by atoms with Crippen LogP contribution in [0.15, 0.2) is 42.7 Å². The fourth-order valence-corrected chi connectivity index (χ4v) is 4.95. The second-order valence-corrected chi connectivity index (χ2v) is 11.5. The van der Waals surface area contributed by atoms with Gasteiger partial charge in [-0.15, -0.1) is 0 Å². The lowest BCUT2D eigenvalue weighted by Gasteiger charge is -2.26. The number of pyridine rings is 1. The third-order valence-corrected chi connectivity index (χ3v) is 6.97. The molecule has 1 aromatic carbocycles. The number of halogens is 9. The summed E-state index contributed by atoms with van der Waals surface area (Å²) < 4.78 is 94.9. The van der Waals surface area contributed by atoms with Gasteiger partial charge in [0.1, 0.15) is 12.2 Å². The zero-order chi connectivity index (χ0) is 33.5. The maximum absolute atomic E-state index is 14.1. The number of benzene rings is 1. The number of carbonyl (C=O) groups excluding carboxylic acids is 2. The van der Waals surface area contributed by atoms with Crippen molar-refractivity contribution >= 4 is 51.7 Å². The quantitative estimate of drug-likeness (QED) is 0.156. The van der Waals surface area contributed by atoms with Crippen molar-refractivity contribution in [2.45, 2.75) is 51.4 Å². The fraction of sp³-hybridized carbons (Fsp3) is 0.308. The Morgan fingerprint density at radius 2 is 1.73 bits per heavy atom. The van der Waals surface area contributed by atoms with Gasteiger partial charge in [0, 0.05) is 15.8 Å². The predicted octanol–water partition coefficient (Wildman–Crippen LogP) is 6.15. The summed E-state index contributed by atoms with van der Waals surface area (Å²) in [7, 11) is 0. The van der Waals surface area contributed by atoms with E-state index < -0.39 is 42.1 Å². The third kappa shape index (κ3) is 6.90. The number of anilines is 1. The van der Waals surface area contributed by atoms with Crippen LogP contribution in [0.4, 0.5) is 36.4 Å². The number of nitrogens with one attached hydrogen (secondary N) is 2. The zero-order valence-corrected chi connectivity index (χ0v) is 26.1. The first-order chi connectivity index (χ1) is 20.8. The number of nitrogens with zero attached hydrogens (tertiary/aromatic N) is 6. The molecule has 0 spiro atoms. The van der Waals surface area contributed by atoms with Crippen molar-refractivity contribution in [3.8, 4) is 5.82 Å². The van der Waals surface area contributed by atoms with Gasteiger partial charge >= 0.3 is 18.0 Å². The Morgan fingerprint density at radius 1 is 1.04 bits per heavy atom. The van der Waals surface area contributed by atoms with Crippen LogP contribution in [0.3, 0.4) is 0 Å². The molecule has 0 radical (unpaired) electrons. The maximum Gasteiger partial charge on any atom is 0.460 e. The highest BCUT2D eigenvalue weighted by Crippen LogP contribution is 2.51. The average Bonchev–Trinajstić information content (AvgIpc) is 3.57. The van der Waals surface area contributed by atoms with Crippen LogP contribution in [0.25, 0.3) is 5.82 Å². The fourth-order valence-electron chi connectivity index (χ4n) is 3.97. The summed E-state index contributed by atoms with van der Waals surface area (Å²) >= 11 is 8.29. The largest absolute Gasteiger partial charge is 0.460 e. The van der Waals surface area contributed by atoms with Crippen LogP contribution in [-0.4, -0.2) is 59.7 Å². The van der Waals surface area contributed by atoms with E-state index in [1.54, 1.807) is 32.9 Å². The Balaban J connectivity index is 1.73. The molecule has 0 saturated heterocycles. The molecule has 4 rings (SSSR count). The maximum atomic E-state index is 14.1. The number of alkyl halides is 7. The number of aromatic nitrogens is 6. The Hall–Kier alpha value is -3.81. The van der Waals surface area contributed by atoms with Crippen LogP contribution in [0.2, 0.25) is 5.02 Å². The standard InChI is InChI=1S/C26H21ClF7IN8O2/c1-12(2)38-22(44)16-8-14(35)7-13(3)20(16)39-23(45)18-9-15(40-43(18)21-17(27)5-4-6-36-21)11-42-37-10-19(41-42)24(28,29)25(30,31)26(32,33)34/h4-10,12H,11H2,1-3H3,(H,38,44)(H,39,45). The first kappa shape index (κ1) is 34.1. The Kier molecular flexibility index (Phi) is 9.49. The minimum absolute atomic E-state index is 0.0390. The lowest BCUT2D eigenvalue weighted by atomic mass is 10.1. The summed E-state index contributed by atoms with van der Waals surface area (Å²) in [6, 6.07) is 7.16. The zero-order valence-electron chi connectivity index (χ0n) is 23.2. The second-order valence-electron chi connectivity index (χ2n) is 9.88. The van der Waals surface area contributed by atoms with Crippen molar-refractivity contribution in [1.82, 2.24) is 35.1 Å². The van der Waals surface area contributed by atoms with Crippen molar-refractivity contribution < 1.29 is 40.3 Å². The number of carbonyl (C=O) groups is 2. The second kappa shape index (κ2) is 12.5. The molecule has 3 aromatic heterocycles. The van der Waals surface area contributed by atoms with Crippen molar-refractivity contribution in [3.05, 3.63) is 79.5 Å². The highest BCUT2D eigenvalue weighted by Gasteiger charge is 2.74. The minimum atomic E-state index is -6.56. The van der Waals surface area contributed by atoms with Gasteiger partial charge in [0.05, 0.1) is 28.2 Å². The van der Waals surface area contributed by atoms with Crippen LogP contribution >= 0.6 is 34.2 Å². The van der Waals surface area contributed by atoms with E-state index in [0.29, 0.717) is 13.9 Å². The van der Waals surface area contributed by atoms with Gasteiger partial charge in [-0.3, -0.25) is 9.59 Å². The van der Waals surface area contributed by atoms with E-state index in [2.05, 4.69) is 30.9 Å². The molecule has 0 unspecified atom stereocenters. The molecule has 4 aromatic rings. The molecular formula is C26H21ClF7IN8O2. The smallest absolute Gasteiger partial charge is 0.350 e. The molecule has 0 aliphatic carbocycles. The molecule has 0 aliphatic rings. The van der Waals surface area contributed by atoms with Gasteiger partial charge in [-0.2, -0.15) is 50.8 Å². The van der Waals surface area contributed by atoms with Gasteiger partial charge < -0.3 is 10.6 Å². The molecule has 0 fully saturated rings. The van der Waals surface area contributed by atoms with Crippen molar-refractivity contribution in [1.29, 1.82) is 0 Å². The normalized spacial score (nSPS) is 12.5. The van der Waals surface area contributed by atoms with Gasteiger partial charge in [-0.25, -0.2) is 9.67 Å². The molecule has 10 nitrogen and oxygen atoms in total. The molecule has 0 atom stereocenters. The highest BCUT2D eigenvalue weighted by atomic mass is 127. The van der Waals surface area contributed by atoms with E-state index >= 15 is 0 Å². The number of rotatable bonds is 9. The molecule has 2 amide bonds. The van der Waals surface area contributed by atoms with Crippen molar-refractivity contribution in [2.24, 2.45) is 0 Å². The van der Waals surface area contributed by atoms with Gasteiger partial charge in [-0.05, 0) is 79.3 Å². The molecule has 240 valence electrons. The Bertz CT molecular complexity index is 1760. The third-order valence-electron chi connectivity index (χ3n) is 6.05. The SMILES string of the molecule is Cc1cc(I)cc(C(=O)NC(C)C)c1NC(=O)c1cc(Cn2ncc(C(F)(F)C(F)(F)C(F)(F)F)n2)nn1-c1ncccc1Cl. The van der Waals surface area contributed by atoms with Crippen LogP contribution in [-0.2, 0) is 12.5 Å². The van der Waals surface area contributed by atoms with Gasteiger partial charge in [0.2, 0.25) is 0 Å². The summed E-state index contributed by atoms with van der Waals surface area (Å²) in [4.78, 5) is 31.1. The highest BCUT2D eigenvalue weighted by molar-refractivity contribution is 14.1. The molecular weight excluding hydrogens is 752 g/mol. The number of hydrogen-bond donors (Lipinski definition) is 2. The number of aryl methyl sites for hydroxylation is 1. The Labute approximate surface area is 268 Å². The predicted molar refractivity (Wildman–Crippen MR) is 155 cm³/mol. The summed E-state index contributed by atoms with van der Waals surface area (Å²) in [6.07, 6.45) is -5.15. The number of amides is 2. The van der Waals surface area contributed by atoms with Crippen LogP contribution in [0, 0.1) is 10.5 Å². The summed E-state index contributed by atoms with van der Waals surface area (Å²) in [5, 5.41) is 16.2. The molecule has 3 heterocycles. The van der Waals surface area contributed by atoms with E-state index in [4.69, 9.17) is 11.6 Å². The van der Waals surface area contributed by atoms with Gasteiger partial charge in [0.25, 0.3) is 11.8 Å². The molecule has 19 heteroatoms. The molecule has 0 bridgehead atoms. The van der Waals surface area contributed by atoms with Gasteiger partial charge in [0.15, 0.2) is 11.5 Å². The minimum Gasteiger partial charge on any atom is -0.350 e. The van der Waals surface area contributed by atoms with Crippen LogP contribution < -0.4 is 10.6 Å². The molecule has 0 saturated carbocycles. The van der Waals surface area contributed by atoms with Crippen LogP contribution in [0.1, 0.15) is 51.6 Å². The summed E-state index contributed by atoms with van der Waals surface area (Å²) in [5.41, 5.74) is -1.40. The topological polar surface area (TPSA) is 120 Å². The summed E-state index contributed by atoms with van der Waals surface area (Å²) in [5.74, 6) is -13.5. The van der Waals surface area contributed by atoms with Crippen molar-refractivity contribution in [3.63, 3.8) is 0 Å². The van der Waals surface area contributed by atoms with Gasteiger partial charge in [-0.1, -0.05) is 11.6 Å². The first-order valence-electron chi connectivity index (χ1n) is 12.7. The lowest BCUT2D eigenvalue weighted by Crippen LogP contribution is -2.50. The van der Waals surface area contributed by atoms with E-state index in [1.165, 1.54) is 18.3 Å². The lowest BCUT2D eigenvalue weighted by molar-refractivity contribution is -0.360. The Morgan fingerprint density at radius 3 is 2.36 bits per heavy atom. The molecule has 45 heavy (non-hydrogen) atoms. The summed E-state index contributed by atoms with van der Waals surface area (Å²) in [6.45, 7) is 4.54. The average molecular weight is 773 g/mol. The van der Waals surface area contributed by atoms with Crippen LogP contribution in [0.5, 0.6) is 0 Å². The monoisotopic (exact) mass is 772 g/mol. The number of hydrogen-bond acceptors (Lipinski definition) is 6. The molecule has 0 aliphatic heterocycles. The van der Waals surface area contributed by atoms with E-state index in [-0.39, 0.29) is 45.7 Å². The molecule has 2 N–H and O–H groups in total. The van der Waals surface area contributed by atoms with E-state index in [9.17, 15) is 40.3 Å². The first-order valence-corrected chi connectivity index (χ1v) is 14.1. The van der Waals surface area contributed by atoms with Crippen molar-refractivity contribution in [2.75, 3.05) is 5.32 Å². The van der Waals surface area contributed by atoms with E-state index in [1.807, 2.05) is 22.6 Å².